The molecule has 0 atom stereocenters. The summed E-state index contributed by atoms with van der Waals surface area (Å²) >= 11 is 6.12. The average molecular weight is 252 g/mol. The quantitative estimate of drug-likeness (QED) is 0.906. The van der Waals surface area contributed by atoms with Gasteiger partial charge in [0.25, 0.3) is 0 Å². The molecule has 1 aromatic carbocycles. The molecule has 2 aromatic rings. The van der Waals surface area contributed by atoms with E-state index in [0.717, 1.165) is 23.4 Å². The minimum Gasteiger partial charge on any atom is -0.396 e. The molecular formula is C12H14ClN3O. The normalized spacial score (nSPS) is 10.8. The average Bonchev–Trinajstić information content (AvgIpc) is 2.78. The molecule has 0 unspecified atom stereocenters. The molecule has 5 heteroatoms. The van der Waals surface area contributed by atoms with E-state index < -0.39 is 0 Å². The second-order valence-corrected chi connectivity index (χ2v) is 4.34. The van der Waals surface area contributed by atoms with Crippen molar-refractivity contribution in [3.8, 4) is 5.69 Å². The second-order valence-electron chi connectivity index (χ2n) is 3.94. The topological polar surface area (TPSA) is 50.9 Å². The Kier molecular flexibility index (Phi) is 3.76. The van der Waals surface area contributed by atoms with E-state index in [9.17, 15) is 0 Å². The summed E-state index contributed by atoms with van der Waals surface area (Å²) in [5.74, 6) is 0. The number of hydrogen-bond donors (Lipinski definition) is 1. The molecule has 4 nitrogen and oxygen atoms in total. The molecule has 0 amide bonds. The van der Waals surface area contributed by atoms with Crippen molar-refractivity contribution < 1.29 is 5.11 Å². The van der Waals surface area contributed by atoms with Crippen molar-refractivity contribution in [3.05, 3.63) is 40.7 Å². The van der Waals surface area contributed by atoms with Crippen LogP contribution in [0.5, 0.6) is 0 Å². The first kappa shape index (κ1) is 12.1. The zero-order chi connectivity index (χ0) is 12.3. The van der Waals surface area contributed by atoms with Crippen LogP contribution in [0.2, 0.25) is 5.02 Å². The van der Waals surface area contributed by atoms with Gasteiger partial charge in [-0.15, -0.1) is 5.10 Å². The standard InChI is InChI=1S/C12H14ClN3O/c1-9-4-5-11(13)12(7-9)16-8-10(14-15-16)3-2-6-17/h4-5,7-8,17H,2-3,6H2,1H3. The Hall–Kier alpha value is -1.39. The Labute approximate surface area is 105 Å². The fourth-order valence-corrected chi connectivity index (χ4v) is 1.79. The zero-order valence-electron chi connectivity index (χ0n) is 9.60. The van der Waals surface area contributed by atoms with Crippen LogP contribution in [-0.4, -0.2) is 26.7 Å². The maximum atomic E-state index is 8.76. The van der Waals surface area contributed by atoms with Crippen LogP contribution >= 0.6 is 11.6 Å². The summed E-state index contributed by atoms with van der Waals surface area (Å²) in [4.78, 5) is 0. The van der Waals surface area contributed by atoms with Crippen LogP contribution < -0.4 is 0 Å². The van der Waals surface area contributed by atoms with E-state index in [-0.39, 0.29) is 6.61 Å². The molecule has 0 aliphatic carbocycles. The Morgan fingerprint density at radius 3 is 3.00 bits per heavy atom. The Bertz CT molecular complexity index is 510. The lowest BCUT2D eigenvalue weighted by Gasteiger charge is -2.03. The first-order valence-corrected chi connectivity index (χ1v) is 5.87. The number of aryl methyl sites for hydroxylation is 2. The molecule has 0 saturated heterocycles. The molecule has 0 aliphatic heterocycles. The predicted octanol–water partition coefficient (Wildman–Crippen LogP) is 2.15. The van der Waals surface area contributed by atoms with Gasteiger partial charge in [0.2, 0.25) is 0 Å². The molecule has 1 aromatic heterocycles. The van der Waals surface area contributed by atoms with E-state index in [1.807, 2.05) is 31.3 Å². The summed E-state index contributed by atoms with van der Waals surface area (Å²) in [7, 11) is 0. The van der Waals surface area contributed by atoms with Gasteiger partial charge in [0.05, 0.1) is 22.6 Å². The molecule has 0 aliphatic rings. The second kappa shape index (κ2) is 5.29. The van der Waals surface area contributed by atoms with Gasteiger partial charge in [0.1, 0.15) is 0 Å². The highest BCUT2D eigenvalue weighted by atomic mass is 35.5. The van der Waals surface area contributed by atoms with Crippen molar-refractivity contribution in [2.75, 3.05) is 6.61 Å². The highest BCUT2D eigenvalue weighted by molar-refractivity contribution is 6.32. The molecule has 0 bridgehead atoms. The fourth-order valence-electron chi connectivity index (χ4n) is 1.59. The van der Waals surface area contributed by atoms with Gasteiger partial charge >= 0.3 is 0 Å². The third kappa shape index (κ3) is 2.84. The summed E-state index contributed by atoms with van der Waals surface area (Å²) in [6.45, 7) is 2.17. The summed E-state index contributed by atoms with van der Waals surface area (Å²) in [6.07, 6.45) is 3.26. The minimum atomic E-state index is 0.165. The van der Waals surface area contributed by atoms with E-state index in [1.54, 1.807) is 4.68 Å². The summed E-state index contributed by atoms with van der Waals surface area (Å²) in [6, 6.07) is 5.77. The predicted molar refractivity (Wildman–Crippen MR) is 66.5 cm³/mol. The number of aliphatic hydroxyl groups is 1. The molecular weight excluding hydrogens is 238 g/mol. The first-order chi connectivity index (χ1) is 8.20. The molecule has 1 heterocycles. The Balaban J connectivity index is 2.27. The van der Waals surface area contributed by atoms with Crippen LogP contribution in [0.4, 0.5) is 0 Å². The number of aliphatic hydroxyl groups excluding tert-OH is 1. The number of aromatic nitrogens is 3. The van der Waals surface area contributed by atoms with Gasteiger partial charge in [-0.25, -0.2) is 4.68 Å². The summed E-state index contributed by atoms with van der Waals surface area (Å²) in [5, 5.41) is 17.5. The van der Waals surface area contributed by atoms with Gasteiger partial charge in [-0.1, -0.05) is 22.9 Å². The van der Waals surface area contributed by atoms with Crippen LogP contribution in [0.15, 0.2) is 24.4 Å². The van der Waals surface area contributed by atoms with Crippen molar-refractivity contribution in [2.45, 2.75) is 19.8 Å². The van der Waals surface area contributed by atoms with E-state index >= 15 is 0 Å². The van der Waals surface area contributed by atoms with Crippen molar-refractivity contribution in [2.24, 2.45) is 0 Å². The van der Waals surface area contributed by atoms with Crippen molar-refractivity contribution in [1.82, 2.24) is 15.0 Å². The van der Waals surface area contributed by atoms with Crippen LogP contribution in [0.3, 0.4) is 0 Å². The van der Waals surface area contributed by atoms with E-state index in [4.69, 9.17) is 16.7 Å². The minimum absolute atomic E-state index is 0.165. The molecule has 2 rings (SSSR count). The maximum absolute atomic E-state index is 8.76. The van der Waals surface area contributed by atoms with Crippen molar-refractivity contribution in [3.63, 3.8) is 0 Å². The lowest BCUT2D eigenvalue weighted by Crippen LogP contribution is -1.96. The molecule has 0 radical (unpaired) electrons. The van der Waals surface area contributed by atoms with Crippen molar-refractivity contribution >= 4 is 11.6 Å². The van der Waals surface area contributed by atoms with Gasteiger partial charge in [-0.3, -0.25) is 0 Å². The highest BCUT2D eigenvalue weighted by Gasteiger charge is 2.06. The van der Waals surface area contributed by atoms with Gasteiger partial charge < -0.3 is 5.11 Å². The molecule has 17 heavy (non-hydrogen) atoms. The lowest BCUT2D eigenvalue weighted by molar-refractivity contribution is 0.288. The van der Waals surface area contributed by atoms with E-state index in [1.165, 1.54) is 0 Å². The van der Waals surface area contributed by atoms with Crippen LogP contribution in [0, 0.1) is 6.92 Å². The number of nitrogens with zero attached hydrogens (tertiary/aromatic N) is 3. The van der Waals surface area contributed by atoms with Crippen LogP contribution in [0.25, 0.3) is 5.69 Å². The fraction of sp³-hybridized carbons (Fsp3) is 0.333. The lowest BCUT2D eigenvalue weighted by atomic mass is 10.2. The van der Waals surface area contributed by atoms with Gasteiger partial charge in [-0.2, -0.15) is 0 Å². The van der Waals surface area contributed by atoms with Gasteiger partial charge in [0.15, 0.2) is 0 Å². The van der Waals surface area contributed by atoms with Gasteiger partial charge in [-0.05, 0) is 37.5 Å². The van der Waals surface area contributed by atoms with E-state index in [0.29, 0.717) is 11.4 Å². The number of hydrogen-bond acceptors (Lipinski definition) is 3. The Morgan fingerprint density at radius 2 is 2.24 bits per heavy atom. The van der Waals surface area contributed by atoms with Crippen molar-refractivity contribution in [1.29, 1.82) is 0 Å². The monoisotopic (exact) mass is 251 g/mol. The number of rotatable bonds is 4. The number of benzene rings is 1. The maximum Gasteiger partial charge on any atom is 0.0852 e. The largest absolute Gasteiger partial charge is 0.396 e. The van der Waals surface area contributed by atoms with E-state index in [2.05, 4.69) is 10.3 Å². The van der Waals surface area contributed by atoms with Crippen LogP contribution in [0.1, 0.15) is 17.7 Å². The summed E-state index contributed by atoms with van der Waals surface area (Å²) < 4.78 is 1.67. The SMILES string of the molecule is Cc1ccc(Cl)c(-n2cc(CCCO)nn2)c1. The molecule has 0 fully saturated rings. The molecule has 90 valence electrons. The third-order valence-electron chi connectivity index (χ3n) is 2.48. The smallest absolute Gasteiger partial charge is 0.0852 e. The van der Waals surface area contributed by atoms with Gasteiger partial charge in [0, 0.05) is 6.61 Å². The molecule has 1 N–H and O–H groups in total. The summed E-state index contributed by atoms with van der Waals surface area (Å²) in [5.41, 5.74) is 2.81. The van der Waals surface area contributed by atoms with Crippen LogP contribution in [-0.2, 0) is 6.42 Å². The first-order valence-electron chi connectivity index (χ1n) is 5.49. The zero-order valence-corrected chi connectivity index (χ0v) is 10.4. The third-order valence-corrected chi connectivity index (χ3v) is 2.80. The molecule has 0 saturated carbocycles. The Morgan fingerprint density at radius 1 is 1.41 bits per heavy atom. The number of halogens is 1. The highest BCUT2D eigenvalue weighted by Crippen LogP contribution is 2.21. The molecule has 0 spiro atoms.